The molecule has 51 heavy (non-hydrogen) atoms. The molecule has 0 aliphatic heterocycles. The average Bonchev–Trinajstić information content (AvgIpc) is 3.42. The molecule has 0 N–H and O–H groups in total. The standard InChI is InChI=1S/C42H47N3O6/c1-8-10-16-31(9-2)25-44-40-21-20-32(39(43-50-29(6)47)22-27(4)45(28(5)46)51-30(7)48)23-36(40)37-24-38(34-18-13-14-19-35(34)41(37)44)42(49)33-17-12-11-15-26(33)3/h11-15,17-21,23-24,27,31H,8-10,16,22,25H2,1-7H3. The molecule has 0 aliphatic carbocycles. The Morgan fingerprint density at radius 3 is 2.18 bits per heavy atom. The van der Waals surface area contributed by atoms with E-state index in [1.165, 1.54) is 20.8 Å². The molecule has 0 aliphatic rings. The van der Waals surface area contributed by atoms with Gasteiger partial charge in [0.1, 0.15) is 0 Å². The maximum atomic E-state index is 14.3. The Morgan fingerprint density at radius 1 is 0.824 bits per heavy atom. The van der Waals surface area contributed by atoms with E-state index in [1.54, 1.807) is 6.92 Å². The van der Waals surface area contributed by atoms with E-state index in [2.05, 4.69) is 35.7 Å². The van der Waals surface area contributed by atoms with E-state index in [1.807, 2.05) is 67.6 Å². The minimum atomic E-state index is -0.627. The van der Waals surface area contributed by atoms with Gasteiger partial charge in [-0.1, -0.05) is 92.9 Å². The van der Waals surface area contributed by atoms with Crippen LogP contribution in [-0.4, -0.2) is 45.0 Å². The molecule has 1 aromatic heterocycles. The molecule has 9 nitrogen and oxygen atoms in total. The summed E-state index contributed by atoms with van der Waals surface area (Å²) in [5, 5.41) is 8.96. The van der Waals surface area contributed by atoms with Gasteiger partial charge in [0.05, 0.1) is 17.3 Å². The Morgan fingerprint density at radius 2 is 1.53 bits per heavy atom. The molecule has 0 saturated heterocycles. The lowest BCUT2D eigenvalue weighted by atomic mass is 9.92. The number of unbranched alkanes of at least 4 members (excludes halogenated alkanes) is 1. The molecule has 5 aromatic rings. The number of nitrogens with zero attached hydrogens (tertiary/aromatic N) is 3. The highest BCUT2D eigenvalue weighted by Crippen LogP contribution is 2.39. The molecule has 4 aromatic carbocycles. The molecule has 2 atom stereocenters. The summed E-state index contributed by atoms with van der Waals surface area (Å²) in [7, 11) is 0. The molecule has 0 fully saturated rings. The second-order valence-electron chi connectivity index (χ2n) is 13.4. The van der Waals surface area contributed by atoms with Crippen LogP contribution in [0.15, 0.2) is 78.0 Å². The summed E-state index contributed by atoms with van der Waals surface area (Å²) in [6.45, 7) is 12.8. The van der Waals surface area contributed by atoms with Crippen LogP contribution >= 0.6 is 0 Å². The number of aromatic nitrogens is 1. The van der Waals surface area contributed by atoms with Crippen molar-refractivity contribution in [2.24, 2.45) is 11.1 Å². The van der Waals surface area contributed by atoms with Crippen LogP contribution in [0, 0.1) is 12.8 Å². The summed E-state index contributed by atoms with van der Waals surface area (Å²) in [5.74, 6) is -1.26. The van der Waals surface area contributed by atoms with Crippen molar-refractivity contribution < 1.29 is 28.9 Å². The van der Waals surface area contributed by atoms with Gasteiger partial charge in [-0.15, -0.1) is 0 Å². The minimum Gasteiger partial charge on any atom is -0.340 e. The van der Waals surface area contributed by atoms with E-state index in [0.29, 0.717) is 28.3 Å². The van der Waals surface area contributed by atoms with E-state index in [-0.39, 0.29) is 12.2 Å². The fourth-order valence-corrected chi connectivity index (χ4v) is 6.96. The molecule has 1 heterocycles. The van der Waals surface area contributed by atoms with Gasteiger partial charge in [-0.05, 0) is 55.3 Å². The van der Waals surface area contributed by atoms with Crippen molar-refractivity contribution in [2.75, 3.05) is 0 Å². The second-order valence-corrected chi connectivity index (χ2v) is 13.4. The van der Waals surface area contributed by atoms with Crippen LogP contribution in [0.5, 0.6) is 0 Å². The predicted molar refractivity (Wildman–Crippen MR) is 202 cm³/mol. The van der Waals surface area contributed by atoms with Crippen LogP contribution in [0.25, 0.3) is 32.6 Å². The van der Waals surface area contributed by atoms with Gasteiger partial charge in [0, 0.05) is 72.1 Å². The summed E-state index contributed by atoms with van der Waals surface area (Å²) in [4.78, 5) is 60.8. The van der Waals surface area contributed by atoms with Crippen LogP contribution in [0.3, 0.4) is 0 Å². The van der Waals surface area contributed by atoms with Crippen LogP contribution in [0.1, 0.15) is 101 Å². The zero-order valence-electron chi connectivity index (χ0n) is 30.6. The summed E-state index contributed by atoms with van der Waals surface area (Å²) in [5.41, 5.74) is 5.31. The van der Waals surface area contributed by atoms with Crippen molar-refractivity contribution in [2.45, 2.75) is 93.2 Å². The Labute approximate surface area is 299 Å². The lowest BCUT2D eigenvalue weighted by Gasteiger charge is -2.26. The van der Waals surface area contributed by atoms with Crippen LogP contribution in [-0.2, 0) is 30.6 Å². The Hall–Kier alpha value is -5.31. The van der Waals surface area contributed by atoms with Gasteiger partial charge >= 0.3 is 11.9 Å². The van der Waals surface area contributed by atoms with Crippen molar-refractivity contribution in [3.05, 3.63) is 95.1 Å². The lowest BCUT2D eigenvalue weighted by Crippen LogP contribution is -2.39. The summed E-state index contributed by atoms with van der Waals surface area (Å²) < 4.78 is 2.40. The zero-order valence-corrected chi connectivity index (χ0v) is 30.6. The third-order valence-corrected chi connectivity index (χ3v) is 9.53. The molecule has 9 heteroatoms. The van der Waals surface area contributed by atoms with Gasteiger partial charge in [0.15, 0.2) is 5.78 Å². The number of carbonyl (C=O) groups excluding carboxylic acids is 4. The average molecular weight is 690 g/mol. The smallest absolute Gasteiger partial charge is 0.331 e. The highest BCUT2D eigenvalue weighted by molar-refractivity contribution is 6.26. The molecule has 5 rings (SSSR count). The first-order valence-corrected chi connectivity index (χ1v) is 17.8. The van der Waals surface area contributed by atoms with Crippen LogP contribution in [0.4, 0.5) is 0 Å². The molecule has 266 valence electrons. The van der Waals surface area contributed by atoms with E-state index < -0.39 is 23.9 Å². The Bertz CT molecular complexity index is 2150. The number of ketones is 1. The number of rotatable bonds is 13. The monoisotopic (exact) mass is 689 g/mol. The van der Waals surface area contributed by atoms with Crippen molar-refractivity contribution in [1.82, 2.24) is 9.63 Å². The summed E-state index contributed by atoms with van der Waals surface area (Å²) in [6.07, 6.45) is 4.54. The second kappa shape index (κ2) is 16.1. The number of oxime groups is 1. The third-order valence-electron chi connectivity index (χ3n) is 9.53. The van der Waals surface area contributed by atoms with Gasteiger partial charge in [-0.25, -0.2) is 4.79 Å². The molecule has 0 bridgehead atoms. The first-order chi connectivity index (χ1) is 24.4. The highest BCUT2D eigenvalue weighted by atomic mass is 16.7. The minimum absolute atomic E-state index is 0.0432. The van der Waals surface area contributed by atoms with Crippen molar-refractivity contribution in [3.63, 3.8) is 0 Å². The van der Waals surface area contributed by atoms with Crippen molar-refractivity contribution in [1.29, 1.82) is 0 Å². The molecule has 0 saturated carbocycles. The topological polar surface area (TPSA) is 107 Å². The number of benzene rings is 4. The van der Waals surface area contributed by atoms with Crippen LogP contribution in [0.2, 0.25) is 0 Å². The van der Waals surface area contributed by atoms with E-state index in [0.717, 1.165) is 75.4 Å². The van der Waals surface area contributed by atoms with Gasteiger partial charge < -0.3 is 14.2 Å². The molecule has 0 radical (unpaired) electrons. The quantitative estimate of drug-likeness (QED) is 0.0528. The largest absolute Gasteiger partial charge is 0.340 e. The van der Waals surface area contributed by atoms with E-state index >= 15 is 0 Å². The number of hydroxylamine groups is 2. The number of hydrogen-bond acceptors (Lipinski definition) is 7. The van der Waals surface area contributed by atoms with Gasteiger partial charge in [-0.3, -0.25) is 14.4 Å². The number of aryl methyl sites for hydroxylation is 1. The normalized spacial score (nSPS) is 13.0. The molecule has 0 spiro atoms. The zero-order chi connectivity index (χ0) is 36.8. The Balaban J connectivity index is 1.78. The van der Waals surface area contributed by atoms with Gasteiger partial charge in [0.2, 0.25) is 0 Å². The third kappa shape index (κ3) is 8.03. The summed E-state index contributed by atoms with van der Waals surface area (Å²) >= 11 is 0. The maximum absolute atomic E-state index is 14.3. The first-order valence-electron chi connectivity index (χ1n) is 17.8. The van der Waals surface area contributed by atoms with E-state index in [9.17, 15) is 19.2 Å². The molecule has 1 amide bonds. The van der Waals surface area contributed by atoms with E-state index in [4.69, 9.17) is 9.68 Å². The lowest BCUT2D eigenvalue weighted by molar-refractivity contribution is -0.202. The predicted octanol–water partition coefficient (Wildman–Crippen LogP) is 9.08. The fraction of sp³-hybridized carbons (Fsp3) is 0.357. The highest BCUT2D eigenvalue weighted by Gasteiger charge is 2.26. The van der Waals surface area contributed by atoms with Crippen molar-refractivity contribution in [3.8, 4) is 0 Å². The van der Waals surface area contributed by atoms with Crippen LogP contribution < -0.4 is 0 Å². The molecular weight excluding hydrogens is 642 g/mol. The Kier molecular flexibility index (Phi) is 11.7. The van der Waals surface area contributed by atoms with Crippen molar-refractivity contribution >= 4 is 61.9 Å². The number of fused-ring (bicyclic) bond motifs is 5. The molecule has 2 unspecified atom stereocenters. The van der Waals surface area contributed by atoms with Gasteiger partial charge in [0.25, 0.3) is 5.91 Å². The maximum Gasteiger partial charge on any atom is 0.331 e. The number of carbonyl (C=O) groups is 4. The fourth-order valence-electron chi connectivity index (χ4n) is 6.96. The van der Waals surface area contributed by atoms with Gasteiger partial charge in [-0.2, -0.15) is 5.06 Å². The first kappa shape index (κ1) is 37.0. The summed E-state index contributed by atoms with van der Waals surface area (Å²) in [6, 6.07) is 23.2. The molecular formula is C42H47N3O6. The number of hydrogen-bond donors (Lipinski definition) is 0. The number of amides is 1. The SMILES string of the molecule is CCCCC(CC)Cn1c2ccc(C(CC(C)N(OC(C)=O)C(C)=O)=NOC(C)=O)cc2c2cc(C(=O)c3ccccc3C)c3ccccc3c21.